The van der Waals surface area contributed by atoms with Gasteiger partial charge in [0.2, 0.25) is 11.7 Å². The van der Waals surface area contributed by atoms with Crippen LogP contribution in [0.2, 0.25) is 0 Å². The largest absolute Gasteiger partial charge is 0.478 e. The minimum atomic E-state index is -1.26. The molecule has 2 aromatic heterocycles. The summed E-state index contributed by atoms with van der Waals surface area (Å²) in [6.45, 7) is 3.73. The summed E-state index contributed by atoms with van der Waals surface area (Å²) in [4.78, 5) is 30.3. The second-order valence-corrected chi connectivity index (χ2v) is 6.87. The Balaban J connectivity index is 0.000000242. The third-order valence-electron chi connectivity index (χ3n) is 4.98. The molecule has 5 heterocycles. The molecule has 0 aliphatic carbocycles. The number of fused-ring (bicyclic) bond motifs is 3. The molecule has 2 aromatic rings. The molecule has 1 unspecified atom stereocenters. The van der Waals surface area contributed by atoms with Crippen molar-refractivity contribution in [3.63, 3.8) is 0 Å². The molecule has 3 aliphatic heterocycles. The van der Waals surface area contributed by atoms with Gasteiger partial charge in [0.05, 0.1) is 0 Å². The highest BCUT2D eigenvalue weighted by Gasteiger charge is 2.35. The topological polar surface area (TPSA) is 130 Å². The van der Waals surface area contributed by atoms with E-state index in [0.717, 1.165) is 23.8 Å². The molecule has 28 heavy (non-hydrogen) atoms. The lowest BCUT2D eigenvalue weighted by atomic mass is 9.77. The van der Waals surface area contributed by atoms with E-state index in [0.29, 0.717) is 23.9 Å². The average Bonchev–Trinajstić information content (AvgIpc) is 3.17. The molecular weight excluding hydrogens is 364 g/mol. The number of carboxylic acid groups (broad SMARTS) is 2. The van der Waals surface area contributed by atoms with Crippen molar-refractivity contribution in [3.8, 4) is 11.4 Å². The van der Waals surface area contributed by atoms with Crippen molar-refractivity contribution in [2.24, 2.45) is 11.8 Å². The number of carbonyl (C=O) groups is 2. The van der Waals surface area contributed by atoms with Gasteiger partial charge in [-0.1, -0.05) is 5.16 Å². The maximum Gasteiger partial charge on any atom is 0.328 e. The van der Waals surface area contributed by atoms with E-state index in [1.807, 2.05) is 12.1 Å². The van der Waals surface area contributed by atoms with Crippen LogP contribution in [0.1, 0.15) is 18.7 Å². The Morgan fingerprint density at radius 2 is 1.93 bits per heavy atom. The Labute approximate surface area is 161 Å². The van der Waals surface area contributed by atoms with Crippen molar-refractivity contribution in [2.45, 2.75) is 19.3 Å². The van der Waals surface area contributed by atoms with E-state index in [1.54, 1.807) is 12.4 Å². The number of hydrogen-bond acceptors (Lipinski definition) is 7. The molecule has 3 aliphatic rings. The summed E-state index contributed by atoms with van der Waals surface area (Å²) in [7, 11) is 0. The third-order valence-corrected chi connectivity index (χ3v) is 4.98. The lowest BCUT2D eigenvalue weighted by Gasteiger charge is -2.44. The molecule has 0 aromatic carbocycles. The van der Waals surface area contributed by atoms with Gasteiger partial charge in [0.1, 0.15) is 0 Å². The molecule has 5 rings (SSSR count). The standard InChI is InChI=1S/C15H18N4O.C4H4O4/c1-2-12(9-16-5-1)15-17-14(20-18-15)8-13-10-19-6-3-11(13)4-7-19;5-3(6)1-2-4(7)8/h1-2,5,9,11,13H,3-4,6-8,10H2;1-2H,(H,5,6)(H,7,8)/b;2-1+. The van der Waals surface area contributed by atoms with Crippen LogP contribution in [0.4, 0.5) is 0 Å². The van der Waals surface area contributed by atoms with Crippen molar-refractivity contribution in [3.05, 3.63) is 42.6 Å². The van der Waals surface area contributed by atoms with E-state index in [-0.39, 0.29) is 0 Å². The predicted molar refractivity (Wildman–Crippen MR) is 98.3 cm³/mol. The normalized spacial score (nSPS) is 23.2. The fourth-order valence-electron chi connectivity index (χ4n) is 3.64. The van der Waals surface area contributed by atoms with Crippen LogP contribution in [-0.4, -0.2) is 61.8 Å². The number of aliphatic carboxylic acids is 2. The number of aromatic nitrogens is 3. The van der Waals surface area contributed by atoms with Crippen LogP contribution in [0.3, 0.4) is 0 Å². The summed E-state index contributed by atoms with van der Waals surface area (Å²) in [5.74, 6) is 0.421. The number of nitrogens with zero attached hydrogens (tertiary/aromatic N) is 4. The molecule has 2 N–H and O–H groups in total. The average molecular weight is 386 g/mol. The monoisotopic (exact) mass is 386 g/mol. The zero-order chi connectivity index (χ0) is 19.9. The molecule has 0 amide bonds. The summed E-state index contributed by atoms with van der Waals surface area (Å²) < 4.78 is 5.42. The number of rotatable bonds is 5. The van der Waals surface area contributed by atoms with Crippen LogP contribution in [0, 0.1) is 11.8 Å². The smallest absolute Gasteiger partial charge is 0.328 e. The van der Waals surface area contributed by atoms with E-state index in [1.165, 1.54) is 32.5 Å². The van der Waals surface area contributed by atoms with E-state index >= 15 is 0 Å². The summed E-state index contributed by atoms with van der Waals surface area (Å²) in [5, 5.41) is 19.7. The Hall–Kier alpha value is -3.07. The Kier molecular flexibility index (Phi) is 6.49. The van der Waals surface area contributed by atoms with Crippen LogP contribution < -0.4 is 0 Å². The highest BCUT2D eigenvalue weighted by Crippen LogP contribution is 2.34. The highest BCUT2D eigenvalue weighted by molar-refractivity contribution is 5.89. The van der Waals surface area contributed by atoms with Crippen LogP contribution in [0.15, 0.2) is 41.2 Å². The fourth-order valence-corrected chi connectivity index (χ4v) is 3.64. The fraction of sp³-hybridized carbons (Fsp3) is 0.421. The summed E-state index contributed by atoms with van der Waals surface area (Å²) >= 11 is 0. The molecule has 0 spiro atoms. The number of hydrogen-bond donors (Lipinski definition) is 2. The van der Waals surface area contributed by atoms with E-state index in [2.05, 4.69) is 20.0 Å². The summed E-state index contributed by atoms with van der Waals surface area (Å²) in [6, 6.07) is 3.84. The molecule has 0 radical (unpaired) electrons. The van der Waals surface area contributed by atoms with Crippen molar-refractivity contribution in [2.75, 3.05) is 19.6 Å². The lowest BCUT2D eigenvalue weighted by molar-refractivity contribution is -0.134. The zero-order valence-electron chi connectivity index (χ0n) is 15.3. The van der Waals surface area contributed by atoms with Gasteiger partial charge in [0.15, 0.2) is 0 Å². The quantitative estimate of drug-likeness (QED) is 0.738. The Morgan fingerprint density at radius 1 is 1.21 bits per heavy atom. The van der Waals surface area contributed by atoms with Gasteiger partial charge >= 0.3 is 11.9 Å². The molecule has 2 bridgehead atoms. The van der Waals surface area contributed by atoms with Crippen molar-refractivity contribution in [1.29, 1.82) is 0 Å². The highest BCUT2D eigenvalue weighted by atomic mass is 16.5. The molecular formula is C19H22N4O5. The first-order chi connectivity index (χ1) is 13.5. The van der Waals surface area contributed by atoms with Gasteiger partial charge in [-0.3, -0.25) is 4.98 Å². The molecule has 1 atom stereocenters. The van der Waals surface area contributed by atoms with Gasteiger partial charge in [0, 0.05) is 43.1 Å². The zero-order valence-corrected chi connectivity index (χ0v) is 15.3. The first-order valence-corrected chi connectivity index (χ1v) is 9.10. The van der Waals surface area contributed by atoms with E-state index in [9.17, 15) is 9.59 Å². The molecule has 148 valence electrons. The van der Waals surface area contributed by atoms with Crippen LogP contribution >= 0.6 is 0 Å². The second kappa shape index (κ2) is 9.23. The maximum absolute atomic E-state index is 9.55. The molecule has 3 fully saturated rings. The predicted octanol–water partition coefficient (Wildman–Crippen LogP) is 1.73. The number of carboxylic acids is 2. The van der Waals surface area contributed by atoms with Gasteiger partial charge in [-0.25, -0.2) is 9.59 Å². The van der Waals surface area contributed by atoms with Gasteiger partial charge in [-0.2, -0.15) is 4.98 Å². The number of piperidine rings is 3. The Morgan fingerprint density at radius 3 is 2.46 bits per heavy atom. The SMILES string of the molecule is O=C(O)/C=C/C(=O)O.c1cncc(-c2noc(CC3CN4CCC3CC4)n2)c1. The van der Waals surface area contributed by atoms with Crippen LogP contribution in [0.25, 0.3) is 11.4 Å². The molecule has 9 nitrogen and oxygen atoms in total. The molecule has 9 heteroatoms. The minimum Gasteiger partial charge on any atom is -0.478 e. The van der Waals surface area contributed by atoms with Crippen molar-refractivity contribution < 1.29 is 24.3 Å². The van der Waals surface area contributed by atoms with Crippen molar-refractivity contribution >= 4 is 11.9 Å². The van der Waals surface area contributed by atoms with Gasteiger partial charge in [-0.15, -0.1) is 0 Å². The Bertz CT molecular complexity index is 812. The summed E-state index contributed by atoms with van der Waals surface area (Å²) in [6.07, 6.45) is 8.20. The van der Waals surface area contributed by atoms with Gasteiger partial charge in [0.25, 0.3) is 0 Å². The second-order valence-electron chi connectivity index (χ2n) is 6.87. The van der Waals surface area contributed by atoms with Crippen molar-refractivity contribution in [1.82, 2.24) is 20.0 Å². The summed E-state index contributed by atoms with van der Waals surface area (Å²) in [5.41, 5.74) is 0.913. The number of pyridine rings is 1. The van der Waals surface area contributed by atoms with Gasteiger partial charge in [-0.05, 0) is 49.9 Å². The third kappa shape index (κ3) is 5.46. The maximum atomic E-state index is 9.55. The van der Waals surface area contributed by atoms with E-state index < -0.39 is 11.9 Å². The molecule has 0 saturated carbocycles. The van der Waals surface area contributed by atoms with Gasteiger partial charge < -0.3 is 19.6 Å². The first-order valence-electron chi connectivity index (χ1n) is 9.10. The van der Waals surface area contributed by atoms with E-state index in [4.69, 9.17) is 14.7 Å². The minimum absolute atomic E-state index is 0.558. The van der Waals surface area contributed by atoms with Crippen LogP contribution in [-0.2, 0) is 16.0 Å². The van der Waals surface area contributed by atoms with Crippen LogP contribution in [0.5, 0.6) is 0 Å². The lowest BCUT2D eigenvalue weighted by Crippen LogP contribution is -2.48. The first kappa shape index (κ1) is 19.7. The molecule has 3 saturated heterocycles.